The van der Waals surface area contributed by atoms with E-state index in [1.807, 2.05) is 0 Å². The summed E-state index contributed by atoms with van der Waals surface area (Å²) < 4.78 is 0. The van der Waals surface area contributed by atoms with Crippen LogP contribution in [-0.2, 0) is 4.79 Å². The molecule has 0 aromatic rings. The van der Waals surface area contributed by atoms with E-state index in [1.54, 1.807) is 0 Å². The van der Waals surface area contributed by atoms with E-state index >= 15 is 0 Å². The van der Waals surface area contributed by atoms with Crippen molar-refractivity contribution in [3.63, 3.8) is 0 Å². The van der Waals surface area contributed by atoms with Gasteiger partial charge < -0.3 is 0 Å². The zero-order valence-corrected chi connectivity index (χ0v) is 7.13. The predicted octanol–water partition coefficient (Wildman–Crippen LogP) is 1.87. The highest BCUT2D eigenvalue weighted by Gasteiger charge is 2.69. The molecule has 0 N–H and O–H groups in total. The Labute approximate surface area is 67.2 Å². The third-order valence-corrected chi connectivity index (χ3v) is 4.22. The third-order valence-electron chi connectivity index (χ3n) is 4.22. The van der Waals surface area contributed by atoms with Gasteiger partial charge in [-0.05, 0) is 30.1 Å². The average molecular weight is 150 g/mol. The van der Waals surface area contributed by atoms with E-state index < -0.39 is 0 Å². The van der Waals surface area contributed by atoms with Crippen molar-refractivity contribution in [3.8, 4) is 0 Å². The first-order chi connectivity index (χ1) is 5.11. The van der Waals surface area contributed by atoms with Crippen LogP contribution in [-0.4, -0.2) is 5.78 Å². The van der Waals surface area contributed by atoms with Crippen molar-refractivity contribution < 1.29 is 4.79 Å². The first kappa shape index (κ1) is 6.22. The van der Waals surface area contributed by atoms with Crippen LogP contribution in [0.5, 0.6) is 0 Å². The monoisotopic (exact) mass is 150 g/mol. The Morgan fingerprint density at radius 3 is 2.45 bits per heavy atom. The fraction of sp³-hybridized carbons (Fsp3) is 0.900. The fourth-order valence-electron chi connectivity index (χ4n) is 3.54. The van der Waals surface area contributed by atoms with E-state index in [0.717, 1.165) is 11.8 Å². The minimum absolute atomic E-state index is 0.339. The Balaban J connectivity index is 2.04. The fourth-order valence-corrected chi connectivity index (χ4v) is 3.54. The minimum atomic E-state index is 0.339. The maximum Gasteiger partial charge on any atom is 0.140 e. The van der Waals surface area contributed by atoms with Gasteiger partial charge in [-0.3, -0.25) is 4.79 Å². The van der Waals surface area contributed by atoms with Crippen LogP contribution in [0.2, 0.25) is 0 Å². The molecule has 4 saturated carbocycles. The highest BCUT2D eigenvalue weighted by atomic mass is 16.1. The molecule has 4 bridgehead atoms. The van der Waals surface area contributed by atoms with Gasteiger partial charge in [-0.1, -0.05) is 13.8 Å². The van der Waals surface area contributed by atoms with Crippen molar-refractivity contribution in [2.24, 2.45) is 29.1 Å². The van der Waals surface area contributed by atoms with Crippen LogP contribution in [0.4, 0.5) is 0 Å². The molecule has 1 unspecified atom stereocenters. The summed E-state index contributed by atoms with van der Waals surface area (Å²) in [7, 11) is 0. The van der Waals surface area contributed by atoms with Crippen molar-refractivity contribution in [1.82, 2.24) is 0 Å². The van der Waals surface area contributed by atoms with Gasteiger partial charge in [-0.2, -0.15) is 0 Å². The number of carbonyl (C=O) groups is 1. The molecule has 60 valence electrons. The molecule has 0 aromatic heterocycles. The van der Waals surface area contributed by atoms with Crippen molar-refractivity contribution in [2.45, 2.75) is 26.7 Å². The van der Waals surface area contributed by atoms with Crippen molar-refractivity contribution in [3.05, 3.63) is 0 Å². The van der Waals surface area contributed by atoms with E-state index in [2.05, 4.69) is 13.8 Å². The summed E-state index contributed by atoms with van der Waals surface area (Å²) in [4.78, 5) is 11.6. The molecule has 1 nitrogen and oxygen atoms in total. The average Bonchev–Trinajstić information content (AvgIpc) is 2.43. The standard InChI is InChI=1S/C10H14O/c1-10(2)4-6-5-3-7(10)9(11)8(5)6/h5-8H,3-4H2,1-2H3/t5?,6-,7+,8+/m0/s1. The topological polar surface area (TPSA) is 17.1 Å². The highest BCUT2D eigenvalue weighted by Crippen LogP contribution is 2.69. The number of ketones is 1. The molecule has 4 aliphatic carbocycles. The minimum Gasteiger partial charge on any atom is -0.299 e. The lowest BCUT2D eigenvalue weighted by molar-refractivity contribution is -0.129. The Morgan fingerprint density at radius 2 is 2.09 bits per heavy atom. The smallest absolute Gasteiger partial charge is 0.140 e. The van der Waals surface area contributed by atoms with Gasteiger partial charge in [0.15, 0.2) is 0 Å². The normalized spacial score (nSPS) is 56.4. The van der Waals surface area contributed by atoms with E-state index in [1.165, 1.54) is 12.8 Å². The molecule has 4 aliphatic rings. The van der Waals surface area contributed by atoms with Crippen molar-refractivity contribution in [2.75, 3.05) is 0 Å². The summed E-state index contributed by atoms with van der Waals surface area (Å²) in [5.74, 6) is 3.22. The summed E-state index contributed by atoms with van der Waals surface area (Å²) >= 11 is 0. The number of carbonyl (C=O) groups excluding carboxylic acids is 1. The van der Waals surface area contributed by atoms with Gasteiger partial charge in [0.1, 0.15) is 5.78 Å². The van der Waals surface area contributed by atoms with Crippen LogP contribution in [0.15, 0.2) is 0 Å². The van der Waals surface area contributed by atoms with Crippen molar-refractivity contribution in [1.29, 1.82) is 0 Å². The van der Waals surface area contributed by atoms with E-state index in [0.29, 0.717) is 23.0 Å². The molecule has 0 aromatic carbocycles. The van der Waals surface area contributed by atoms with Gasteiger partial charge in [0.05, 0.1) is 0 Å². The molecule has 4 fully saturated rings. The van der Waals surface area contributed by atoms with Crippen LogP contribution in [0.3, 0.4) is 0 Å². The molecular formula is C10H14O. The Hall–Kier alpha value is -0.330. The number of Topliss-reactive ketones (excluding diaryl/α,β-unsaturated/α-hetero) is 1. The third kappa shape index (κ3) is 0.533. The van der Waals surface area contributed by atoms with Gasteiger partial charge >= 0.3 is 0 Å². The lowest BCUT2D eigenvalue weighted by atomic mass is 9.66. The maximum absolute atomic E-state index is 11.6. The summed E-state index contributed by atoms with van der Waals surface area (Å²) in [6.45, 7) is 4.53. The van der Waals surface area contributed by atoms with Crippen LogP contribution >= 0.6 is 0 Å². The Morgan fingerprint density at radius 1 is 1.36 bits per heavy atom. The summed E-state index contributed by atoms with van der Waals surface area (Å²) in [5, 5.41) is 0. The van der Waals surface area contributed by atoms with Crippen LogP contribution < -0.4 is 0 Å². The van der Waals surface area contributed by atoms with Gasteiger partial charge in [0.25, 0.3) is 0 Å². The quantitative estimate of drug-likeness (QED) is 0.515. The molecule has 4 rings (SSSR count). The SMILES string of the molecule is CC1(C)C[C@H]2C3C[C@@H]1C(=O)[C@H]32. The lowest BCUT2D eigenvalue weighted by Crippen LogP contribution is -2.36. The molecular weight excluding hydrogens is 136 g/mol. The molecule has 1 heteroatoms. The molecule has 11 heavy (non-hydrogen) atoms. The summed E-state index contributed by atoms with van der Waals surface area (Å²) in [6, 6.07) is 0. The first-order valence-corrected chi connectivity index (χ1v) is 4.65. The lowest BCUT2D eigenvalue weighted by Gasteiger charge is -2.37. The molecule has 0 radical (unpaired) electrons. The Kier molecular flexibility index (Phi) is 0.799. The first-order valence-electron chi connectivity index (χ1n) is 4.65. The van der Waals surface area contributed by atoms with Gasteiger partial charge in [0.2, 0.25) is 0 Å². The van der Waals surface area contributed by atoms with Gasteiger partial charge in [-0.15, -0.1) is 0 Å². The number of rotatable bonds is 0. The second-order valence-electron chi connectivity index (χ2n) is 5.24. The second kappa shape index (κ2) is 1.41. The maximum atomic E-state index is 11.6. The van der Waals surface area contributed by atoms with E-state index in [9.17, 15) is 4.79 Å². The van der Waals surface area contributed by atoms with Crippen LogP contribution in [0.25, 0.3) is 0 Å². The van der Waals surface area contributed by atoms with Crippen LogP contribution in [0.1, 0.15) is 26.7 Å². The molecule has 4 atom stereocenters. The zero-order valence-electron chi connectivity index (χ0n) is 7.13. The summed E-state index contributed by atoms with van der Waals surface area (Å²) in [5.41, 5.74) is 0.339. The predicted molar refractivity (Wildman–Crippen MR) is 42.0 cm³/mol. The van der Waals surface area contributed by atoms with E-state index in [4.69, 9.17) is 0 Å². The Bertz CT molecular complexity index is 241. The second-order valence-corrected chi connectivity index (χ2v) is 5.24. The number of fused-ring (bicyclic) bond motifs is 1. The number of hydrogen-bond acceptors (Lipinski definition) is 1. The van der Waals surface area contributed by atoms with Crippen molar-refractivity contribution >= 4 is 5.78 Å². The summed E-state index contributed by atoms with van der Waals surface area (Å²) in [6.07, 6.45) is 2.54. The molecule has 0 aliphatic heterocycles. The molecule has 0 amide bonds. The highest BCUT2D eigenvalue weighted by molar-refractivity contribution is 5.91. The molecule has 0 spiro atoms. The van der Waals surface area contributed by atoms with E-state index in [-0.39, 0.29) is 0 Å². The van der Waals surface area contributed by atoms with Gasteiger partial charge in [-0.25, -0.2) is 0 Å². The largest absolute Gasteiger partial charge is 0.299 e. The number of hydrogen-bond donors (Lipinski definition) is 0. The molecule has 0 heterocycles. The van der Waals surface area contributed by atoms with Gasteiger partial charge in [0, 0.05) is 11.8 Å². The van der Waals surface area contributed by atoms with Crippen LogP contribution in [0, 0.1) is 29.1 Å². The molecule has 0 saturated heterocycles. The zero-order chi connectivity index (χ0) is 7.80.